The molecular formula is C20H26ClN3O3. The molecule has 2 heterocycles. The van der Waals surface area contributed by atoms with E-state index in [1.807, 2.05) is 11.0 Å². The van der Waals surface area contributed by atoms with Crippen LogP contribution < -0.4 is 10.2 Å². The van der Waals surface area contributed by atoms with E-state index in [4.69, 9.17) is 16.0 Å². The van der Waals surface area contributed by atoms with Crippen molar-refractivity contribution in [1.29, 1.82) is 0 Å². The van der Waals surface area contributed by atoms with Gasteiger partial charge in [-0.1, -0.05) is 30.9 Å². The van der Waals surface area contributed by atoms with Crippen molar-refractivity contribution in [2.75, 3.05) is 24.5 Å². The van der Waals surface area contributed by atoms with Crippen LogP contribution in [0.5, 0.6) is 0 Å². The van der Waals surface area contributed by atoms with E-state index in [1.54, 1.807) is 12.1 Å². The van der Waals surface area contributed by atoms with E-state index in [0.717, 1.165) is 50.6 Å². The Hall–Kier alpha value is -1.79. The maximum Gasteiger partial charge on any atom is 0.298 e. The largest absolute Gasteiger partial charge is 0.423 e. The smallest absolute Gasteiger partial charge is 0.298 e. The Morgan fingerprint density at radius 3 is 2.96 bits per heavy atom. The molecule has 2 aliphatic rings. The number of carbonyl (C=O) groups is 1. The van der Waals surface area contributed by atoms with E-state index < -0.39 is 5.60 Å². The van der Waals surface area contributed by atoms with E-state index >= 15 is 0 Å². The summed E-state index contributed by atoms with van der Waals surface area (Å²) in [6, 6.07) is 5.91. The molecule has 146 valence electrons. The number of hydrogen-bond donors (Lipinski definition) is 2. The number of aliphatic hydroxyl groups is 1. The van der Waals surface area contributed by atoms with Gasteiger partial charge < -0.3 is 19.7 Å². The molecule has 1 saturated heterocycles. The maximum atomic E-state index is 12.7. The molecular weight excluding hydrogens is 366 g/mol. The van der Waals surface area contributed by atoms with E-state index in [2.05, 4.69) is 10.3 Å². The van der Waals surface area contributed by atoms with Gasteiger partial charge in [-0.05, 0) is 43.9 Å². The van der Waals surface area contributed by atoms with Gasteiger partial charge in [0.25, 0.3) is 6.01 Å². The molecule has 4 rings (SSSR count). The number of fused-ring (bicyclic) bond motifs is 1. The second-order valence-corrected chi connectivity index (χ2v) is 8.33. The van der Waals surface area contributed by atoms with Crippen molar-refractivity contribution in [2.24, 2.45) is 5.92 Å². The van der Waals surface area contributed by atoms with Crippen molar-refractivity contribution in [3.05, 3.63) is 23.2 Å². The number of aromatic nitrogens is 1. The minimum Gasteiger partial charge on any atom is -0.423 e. The first kappa shape index (κ1) is 18.6. The highest BCUT2D eigenvalue weighted by molar-refractivity contribution is 6.31. The first-order valence-corrected chi connectivity index (χ1v) is 10.2. The highest BCUT2D eigenvalue weighted by Gasteiger charge is 2.32. The number of nitrogens with one attached hydrogen (secondary N) is 1. The van der Waals surface area contributed by atoms with Crippen molar-refractivity contribution in [1.82, 2.24) is 10.3 Å². The average Bonchev–Trinajstić information content (AvgIpc) is 3.10. The molecule has 0 radical (unpaired) electrons. The van der Waals surface area contributed by atoms with Crippen molar-refractivity contribution in [2.45, 2.75) is 50.5 Å². The highest BCUT2D eigenvalue weighted by Crippen LogP contribution is 2.29. The normalized spacial score (nSPS) is 22.7. The summed E-state index contributed by atoms with van der Waals surface area (Å²) in [5.74, 6) is -0.109. The lowest BCUT2D eigenvalue weighted by atomic mass is 9.84. The van der Waals surface area contributed by atoms with Crippen molar-refractivity contribution < 1.29 is 14.3 Å². The number of oxazole rings is 1. The minimum absolute atomic E-state index is 0.0119. The molecule has 1 aromatic carbocycles. The molecule has 2 fully saturated rings. The van der Waals surface area contributed by atoms with Gasteiger partial charge in [0, 0.05) is 24.7 Å². The van der Waals surface area contributed by atoms with E-state index in [-0.39, 0.29) is 11.8 Å². The molecule has 7 heteroatoms. The molecule has 1 atom stereocenters. The molecule has 27 heavy (non-hydrogen) atoms. The standard InChI is InChI=1S/C20H26ClN3O3/c21-15-6-7-17-16(11-15)23-19(27-17)24-10-4-5-14(12-24)18(25)22-13-20(26)8-2-1-3-9-20/h6-7,11,14,26H,1-5,8-10,12-13H2,(H,22,25). The number of carbonyl (C=O) groups excluding carboxylic acids is 1. The van der Waals surface area contributed by atoms with Crippen LogP contribution in [0.25, 0.3) is 11.1 Å². The van der Waals surface area contributed by atoms with Gasteiger partial charge >= 0.3 is 0 Å². The van der Waals surface area contributed by atoms with Crippen LogP contribution in [0, 0.1) is 5.92 Å². The summed E-state index contributed by atoms with van der Waals surface area (Å²) in [6.07, 6.45) is 6.53. The number of anilines is 1. The zero-order valence-electron chi connectivity index (χ0n) is 15.4. The van der Waals surface area contributed by atoms with E-state index in [1.165, 1.54) is 6.42 Å². The van der Waals surface area contributed by atoms with Crippen molar-refractivity contribution >= 4 is 34.6 Å². The molecule has 1 saturated carbocycles. The fourth-order valence-corrected chi connectivity index (χ4v) is 4.34. The quantitative estimate of drug-likeness (QED) is 0.833. The molecule has 1 amide bonds. The predicted octanol–water partition coefficient (Wildman–Crippen LogP) is 3.51. The van der Waals surface area contributed by atoms with Crippen molar-refractivity contribution in [3.8, 4) is 0 Å². The van der Waals surface area contributed by atoms with Gasteiger partial charge in [-0.15, -0.1) is 0 Å². The van der Waals surface area contributed by atoms with Crippen LogP contribution in [0.15, 0.2) is 22.6 Å². The second-order valence-electron chi connectivity index (χ2n) is 7.90. The minimum atomic E-state index is -0.734. The Morgan fingerprint density at radius 1 is 1.33 bits per heavy atom. The molecule has 1 unspecified atom stereocenters. The average molecular weight is 392 g/mol. The molecule has 1 aromatic heterocycles. The third-order valence-corrected chi connectivity index (χ3v) is 6.01. The lowest BCUT2D eigenvalue weighted by Gasteiger charge is -2.34. The Kier molecular flexibility index (Phi) is 5.28. The van der Waals surface area contributed by atoms with Crippen LogP contribution in [-0.4, -0.2) is 41.2 Å². The molecule has 0 spiro atoms. The summed E-state index contributed by atoms with van der Waals surface area (Å²) >= 11 is 6.02. The van der Waals surface area contributed by atoms with E-state index in [0.29, 0.717) is 29.7 Å². The summed E-state index contributed by atoms with van der Waals surface area (Å²) in [4.78, 5) is 19.2. The second kappa shape index (κ2) is 7.68. The van der Waals surface area contributed by atoms with Crippen LogP contribution in [0.4, 0.5) is 6.01 Å². The van der Waals surface area contributed by atoms with Gasteiger partial charge in [-0.2, -0.15) is 4.98 Å². The number of nitrogens with zero attached hydrogens (tertiary/aromatic N) is 2. The number of benzene rings is 1. The van der Waals surface area contributed by atoms with Gasteiger partial charge in [0.1, 0.15) is 5.52 Å². The summed E-state index contributed by atoms with van der Waals surface area (Å²) in [6.45, 7) is 1.74. The third-order valence-electron chi connectivity index (χ3n) is 5.78. The molecule has 2 aromatic rings. The van der Waals surface area contributed by atoms with Gasteiger partial charge in [0.05, 0.1) is 11.5 Å². The van der Waals surface area contributed by atoms with Crippen LogP contribution in [-0.2, 0) is 4.79 Å². The Labute approximate surface area is 163 Å². The number of piperidine rings is 1. The monoisotopic (exact) mass is 391 g/mol. The number of halogens is 1. The van der Waals surface area contributed by atoms with Crippen LogP contribution >= 0.6 is 11.6 Å². The summed E-state index contributed by atoms with van der Waals surface area (Å²) in [7, 11) is 0. The van der Waals surface area contributed by atoms with Crippen LogP contribution in [0.2, 0.25) is 5.02 Å². The highest BCUT2D eigenvalue weighted by atomic mass is 35.5. The SMILES string of the molecule is O=C(NCC1(O)CCCCC1)C1CCCN(c2nc3cc(Cl)ccc3o2)C1. The third kappa shape index (κ3) is 4.22. The van der Waals surface area contributed by atoms with Crippen LogP contribution in [0.3, 0.4) is 0 Å². The fourth-order valence-electron chi connectivity index (χ4n) is 4.17. The van der Waals surface area contributed by atoms with Crippen LogP contribution in [0.1, 0.15) is 44.9 Å². The van der Waals surface area contributed by atoms with Gasteiger partial charge in [-0.25, -0.2) is 0 Å². The zero-order valence-corrected chi connectivity index (χ0v) is 16.2. The van der Waals surface area contributed by atoms with Gasteiger partial charge in [0.2, 0.25) is 5.91 Å². The maximum absolute atomic E-state index is 12.7. The lowest BCUT2D eigenvalue weighted by Crippen LogP contribution is -2.48. The molecule has 1 aliphatic carbocycles. The number of rotatable bonds is 4. The molecule has 2 N–H and O–H groups in total. The fraction of sp³-hybridized carbons (Fsp3) is 0.600. The molecule has 6 nitrogen and oxygen atoms in total. The summed E-state index contributed by atoms with van der Waals surface area (Å²) in [5, 5.41) is 14.2. The summed E-state index contributed by atoms with van der Waals surface area (Å²) < 4.78 is 5.85. The van der Waals surface area contributed by atoms with Gasteiger partial charge in [-0.3, -0.25) is 4.79 Å². The predicted molar refractivity (Wildman–Crippen MR) is 105 cm³/mol. The van der Waals surface area contributed by atoms with E-state index in [9.17, 15) is 9.90 Å². The topological polar surface area (TPSA) is 78.6 Å². The zero-order chi connectivity index (χ0) is 18.9. The Bertz CT molecular complexity index is 816. The lowest BCUT2D eigenvalue weighted by molar-refractivity contribution is -0.126. The number of hydrogen-bond acceptors (Lipinski definition) is 5. The Morgan fingerprint density at radius 2 is 2.15 bits per heavy atom. The molecule has 1 aliphatic heterocycles. The molecule has 0 bridgehead atoms. The van der Waals surface area contributed by atoms with Crippen molar-refractivity contribution in [3.63, 3.8) is 0 Å². The Balaban J connectivity index is 1.38. The number of amides is 1. The van der Waals surface area contributed by atoms with Gasteiger partial charge in [0.15, 0.2) is 5.58 Å². The first-order valence-electron chi connectivity index (χ1n) is 9.84. The summed E-state index contributed by atoms with van der Waals surface area (Å²) in [5.41, 5.74) is 0.686. The first-order chi connectivity index (χ1) is 13.0.